The Morgan fingerprint density at radius 3 is 2.75 bits per heavy atom. The Hall–Kier alpha value is -1.49. The zero-order valence-electron chi connectivity index (χ0n) is 8.97. The van der Waals surface area contributed by atoms with Gasteiger partial charge >= 0.3 is 0 Å². The van der Waals surface area contributed by atoms with Gasteiger partial charge in [-0.2, -0.15) is 0 Å². The Morgan fingerprint density at radius 2 is 2.12 bits per heavy atom. The molecular weight excluding hydrogens is 220 g/mol. The highest BCUT2D eigenvalue weighted by Gasteiger charge is 2.25. The van der Waals surface area contributed by atoms with Crippen LogP contribution >= 0.6 is 11.3 Å². The highest BCUT2D eigenvalue weighted by Crippen LogP contribution is 2.39. The van der Waals surface area contributed by atoms with Gasteiger partial charge in [-0.1, -0.05) is 11.3 Å². The highest BCUT2D eigenvalue weighted by atomic mass is 32.1. The average Bonchev–Trinajstić information content (AvgIpc) is 3.05. The molecule has 1 fully saturated rings. The van der Waals surface area contributed by atoms with Gasteiger partial charge in [-0.05, 0) is 19.8 Å². The summed E-state index contributed by atoms with van der Waals surface area (Å²) in [5.74, 6) is 0.623. The fourth-order valence-electron chi connectivity index (χ4n) is 1.72. The van der Waals surface area contributed by atoms with E-state index in [0.717, 1.165) is 22.0 Å². The first-order valence-corrected chi connectivity index (χ1v) is 6.11. The summed E-state index contributed by atoms with van der Waals surface area (Å²) < 4.78 is 0. The molecule has 1 aliphatic carbocycles. The van der Waals surface area contributed by atoms with Crippen LogP contribution in [0.3, 0.4) is 0 Å². The molecule has 16 heavy (non-hydrogen) atoms. The van der Waals surface area contributed by atoms with Crippen LogP contribution in [-0.2, 0) is 0 Å². The molecule has 4 nitrogen and oxygen atoms in total. The van der Waals surface area contributed by atoms with Crippen molar-refractivity contribution in [2.45, 2.75) is 25.7 Å². The van der Waals surface area contributed by atoms with Gasteiger partial charge in [0.2, 0.25) is 0 Å². The zero-order valence-corrected chi connectivity index (χ0v) is 9.79. The number of nitrogens with zero attached hydrogens (tertiary/aromatic N) is 3. The molecule has 1 saturated carbocycles. The van der Waals surface area contributed by atoms with Gasteiger partial charge in [0.25, 0.3) is 0 Å². The van der Waals surface area contributed by atoms with Crippen molar-refractivity contribution in [3.63, 3.8) is 0 Å². The van der Waals surface area contributed by atoms with Crippen LogP contribution in [0.15, 0.2) is 12.4 Å². The maximum Gasteiger partial charge on any atom is 0.180 e. The summed E-state index contributed by atoms with van der Waals surface area (Å²) >= 11 is 1.47. The van der Waals surface area contributed by atoms with Crippen LogP contribution in [0.25, 0.3) is 10.6 Å². The molecule has 0 aliphatic heterocycles. The topological polar surface area (TPSA) is 64.7 Å². The van der Waals surface area contributed by atoms with E-state index in [1.165, 1.54) is 24.2 Å². The summed E-state index contributed by atoms with van der Waals surface area (Å²) in [4.78, 5) is 14.1. The minimum atomic E-state index is 0.589. The number of nitrogens with two attached hydrogens (primary N) is 1. The van der Waals surface area contributed by atoms with Gasteiger partial charge in [0.1, 0.15) is 5.69 Å². The number of anilines is 1. The van der Waals surface area contributed by atoms with Gasteiger partial charge in [0.05, 0.1) is 22.5 Å². The van der Waals surface area contributed by atoms with Gasteiger partial charge in [-0.15, -0.1) is 0 Å². The first-order valence-electron chi connectivity index (χ1n) is 5.29. The molecule has 0 spiro atoms. The van der Waals surface area contributed by atoms with E-state index in [0.29, 0.717) is 11.0 Å². The van der Waals surface area contributed by atoms with Crippen LogP contribution in [-0.4, -0.2) is 15.0 Å². The van der Waals surface area contributed by atoms with Crippen LogP contribution in [0.5, 0.6) is 0 Å². The van der Waals surface area contributed by atoms with Crippen molar-refractivity contribution < 1.29 is 0 Å². The monoisotopic (exact) mass is 232 g/mol. The van der Waals surface area contributed by atoms with E-state index in [9.17, 15) is 0 Å². The number of rotatable bonds is 2. The second-order valence-electron chi connectivity index (χ2n) is 4.07. The Balaban J connectivity index is 2.05. The first kappa shape index (κ1) is 9.72. The van der Waals surface area contributed by atoms with E-state index in [4.69, 9.17) is 5.73 Å². The number of hydrogen-bond donors (Lipinski definition) is 1. The largest absolute Gasteiger partial charge is 0.375 e. The Bertz CT molecular complexity index is 531. The molecular formula is C11H12N4S. The molecule has 2 heterocycles. The van der Waals surface area contributed by atoms with E-state index < -0.39 is 0 Å². The van der Waals surface area contributed by atoms with Crippen molar-refractivity contribution in [3.05, 3.63) is 23.8 Å². The Morgan fingerprint density at radius 1 is 1.31 bits per heavy atom. The van der Waals surface area contributed by atoms with Crippen LogP contribution < -0.4 is 5.73 Å². The summed E-state index contributed by atoms with van der Waals surface area (Å²) in [6, 6.07) is 0. The number of hydrogen-bond acceptors (Lipinski definition) is 5. The second kappa shape index (κ2) is 3.52. The van der Waals surface area contributed by atoms with E-state index in [-0.39, 0.29) is 0 Å². The fraction of sp³-hybridized carbons (Fsp3) is 0.364. The third-order valence-electron chi connectivity index (χ3n) is 2.69. The molecule has 2 N–H and O–H groups in total. The summed E-state index contributed by atoms with van der Waals surface area (Å²) in [5.41, 5.74) is 8.62. The van der Waals surface area contributed by atoms with Gasteiger partial charge in [-0.3, -0.25) is 4.98 Å². The Labute approximate surface area is 97.6 Å². The van der Waals surface area contributed by atoms with Crippen molar-refractivity contribution in [3.8, 4) is 10.6 Å². The standard InChI is InChI=1S/C11H12N4S/c1-6-10(16-11(12)14-6)9-5-13-4-8(15-9)7-2-3-7/h4-5,7H,2-3H2,1H3,(H2,12,14). The molecule has 5 heteroatoms. The number of aromatic nitrogens is 3. The van der Waals surface area contributed by atoms with Crippen LogP contribution in [0, 0.1) is 6.92 Å². The predicted molar refractivity (Wildman–Crippen MR) is 64.3 cm³/mol. The van der Waals surface area contributed by atoms with E-state index in [1.807, 2.05) is 13.1 Å². The summed E-state index contributed by atoms with van der Waals surface area (Å²) in [7, 11) is 0. The number of thiazole rings is 1. The zero-order chi connectivity index (χ0) is 11.1. The van der Waals surface area contributed by atoms with Crippen molar-refractivity contribution in [2.24, 2.45) is 0 Å². The molecule has 0 amide bonds. The van der Waals surface area contributed by atoms with Gasteiger partial charge in [-0.25, -0.2) is 9.97 Å². The van der Waals surface area contributed by atoms with E-state index >= 15 is 0 Å². The number of nitrogen functional groups attached to an aromatic ring is 1. The molecule has 0 radical (unpaired) electrons. The molecule has 3 rings (SSSR count). The normalized spacial score (nSPS) is 15.3. The van der Waals surface area contributed by atoms with Crippen LogP contribution in [0.2, 0.25) is 0 Å². The Kier molecular flexibility index (Phi) is 2.14. The number of aryl methyl sites for hydroxylation is 1. The smallest absolute Gasteiger partial charge is 0.180 e. The van der Waals surface area contributed by atoms with E-state index in [2.05, 4.69) is 15.0 Å². The lowest BCUT2D eigenvalue weighted by Crippen LogP contribution is -1.91. The lowest BCUT2D eigenvalue weighted by molar-refractivity contribution is 0.992. The predicted octanol–water partition coefficient (Wildman–Crippen LogP) is 2.37. The molecule has 0 saturated heterocycles. The average molecular weight is 232 g/mol. The second-order valence-corrected chi connectivity index (χ2v) is 5.10. The summed E-state index contributed by atoms with van der Waals surface area (Å²) in [6.45, 7) is 1.95. The van der Waals surface area contributed by atoms with Crippen molar-refractivity contribution in [2.75, 3.05) is 5.73 Å². The molecule has 0 aromatic carbocycles. The molecule has 0 atom stereocenters. The molecule has 2 aromatic rings. The molecule has 0 unspecified atom stereocenters. The fourth-order valence-corrected chi connectivity index (χ4v) is 2.51. The van der Waals surface area contributed by atoms with Crippen molar-refractivity contribution >= 4 is 16.5 Å². The van der Waals surface area contributed by atoms with Crippen LogP contribution in [0.4, 0.5) is 5.13 Å². The van der Waals surface area contributed by atoms with Crippen molar-refractivity contribution in [1.29, 1.82) is 0 Å². The molecule has 2 aromatic heterocycles. The maximum absolute atomic E-state index is 5.69. The minimum Gasteiger partial charge on any atom is -0.375 e. The third-order valence-corrected chi connectivity index (χ3v) is 3.70. The van der Waals surface area contributed by atoms with Crippen molar-refractivity contribution in [1.82, 2.24) is 15.0 Å². The summed E-state index contributed by atoms with van der Waals surface area (Å²) in [5, 5.41) is 0.589. The molecule has 1 aliphatic rings. The van der Waals surface area contributed by atoms with E-state index in [1.54, 1.807) is 6.20 Å². The molecule has 0 bridgehead atoms. The lowest BCUT2D eigenvalue weighted by atomic mass is 10.2. The minimum absolute atomic E-state index is 0.589. The molecule has 82 valence electrons. The first-order chi connectivity index (χ1) is 7.74. The third kappa shape index (κ3) is 1.67. The SMILES string of the molecule is Cc1nc(N)sc1-c1cncc(C2CC2)n1. The maximum atomic E-state index is 5.69. The van der Waals surface area contributed by atoms with Gasteiger partial charge in [0, 0.05) is 12.1 Å². The summed E-state index contributed by atoms with van der Waals surface area (Å²) in [6.07, 6.45) is 6.12. The quantitative estimate of drug-likeness (QED) is 0.863. The van der Waals surface area contributed by atoms with Gasteiger partial charge < -0.3 is 5.73 Å². The lowest BCUT2D eigenvalue weighted by Gasteiger charge is -2.00. The van der Waals surface area contributed by atoms with Gasteiger partial charge in [0.15, 0.2) is 5.13 Å². The van der Waals surface area contributed by atoms with Crippen LogP contribution in [0.1, 0.15) is 30.1 Å². The highest BCUT2D eigenvalue weighted by molar-refractivity contribution is 7.18.